The van der Waals surface area contributed by atoms with Crippen molar-refractivity contribution in [3.05, 3.63) is 65.0 Å². The van der Waals surface area contributed by atoms with E-state index in [-0.39, 0.29) is 0 Å². The van der Waals surface area contributed by atoms with E-state index < -0.39 is 0 Å². The highest BCUT2D eigenvalue weighted by Crippen LogP contribution is 2.29. The molecule has 1 N–H and O–H groups in total. The van der Waals surface area contributed by atoms with Crippen LogP contribution in [-0.2, 0) is 19.4 Å². The SMILES string of the molecule is CCn1nc(C)c2c1CCNC2Cc1ccc2ccccc2c1. The number of aryl methyl sites for hydroxylation is 2. The minimum absolute atomic E-state index is 0.375. The maximum atomic E-state index is 4.73. The van der Waals surface area contributed by atoms with Gasteiger partial charge in [0.1, 0.15) is 0 Å². The molecule has 3 heteroatoms. The van der Waals surface area contributed by atoms with E-state index in [0.717, 1.165) is 25.9 Å². The molecule has 0 bridgehead atoms. The first-order valence-electron chi connectivity index (χ1n) is 8.53. The third-order valence-corrected chi connectivity index (χ3v) is 4.94. The first-order valence-corrected chi connectivity index (χ1v) is 8.53. The van der Waals surface area contributed by atoms with E-state index in [1.807, 2.05) is 0 Å². The van der Waals surface area contributed by atoms with Gasteiger partial charge in [0.15, 0.2) is 0 Å². The molecule has 0 spiro atoms. The summed E-state index contributed by atoms with van der Waals surface area (Å²) >= 11 is 0. The lowest BCUT2D eigenvalue weighted by atomic mass is 9.92. The quantitative estimate of drug-likeness (QED) is 0.798. The van der Waals surface area contributed by atoms with Crippen LogP contribution in [0, 0.1) is 6.92 Å². The molecular formula is C20H23N3. The second-order valence-corrected chi connectivity index (χ2v) is 6.40. The van der Waals surface area contributed by atoms with Gasteiger partial charge in [-0.05, 0) is 36.6 Å². The predicted octanol–water partition coefficient (Wildman–Crippen LogP) is 3.79. The Labute approximate surface area is 137 Å². The fraction of sp³-hybridized carbons (Fsp3) is 0.350. The molecule has 0 amide bonds. The highest BCUT2D eigenvalue weighted by atomic mass is 15.3. The minimum Gasteiger partial charge on any atom is -0.309 e. The average molecular weight is 305 g/mol. The normalized spacial score (nSPS) is 17.4. The molecule has 0 saturated carbocycles. The van der Waals surface area contributed by atoms with Crippen molar-refractivity contribution in [3.8, 4) is 0 Å². The molecule has 23 heavy (non-hydrogen) atoms. The van der Waals surface area contributed by atoms with Crippen LogP contribution in [0.3, 0.4) is 0 Å². The summed E-state index contributed by atoms with van der Waals surface area (Å²) in [5, 5.41) is 11.1. The average Bonchev–Trinajstić information content (AvgIpc) is 2.92. The molecule has 2 heterocycles. The zero-order chi connectivity index (χ0) is 15.8. The van der Waals surface area contributed by atoms with Crippen LogP contribution in [0.4, 0.5) is 0 Å². The second kappa shape index (κ2) is 5.82. The largest absolute Gasteiger partial charge is 0.309 e. The molecule has 118 valence electrons. The molecule has 1 atom stereocenters. The van der Waals surface area contributed by atoms with E-state index in [4.69, 9.17) is 5.10 Å². The minimum atomic E-state index is 0.375. The summed E-state index contributed by atoms with van der Waals surface area (Å²) in [4.78, 5) is 0. The van der Waals surface area contributed by atoms with Gasteiger partial charge in [-0.2, -0.15) is 5.10 Å². The molecule has 0 fully saturated rings. The van der Waals surface area contributed by atoms with Crippen molar-refractivity contribution in [1.29, 1.82) is 0 Å². The van der Waals surface area contributed by atoms with Gasteiger partial charge in [-0.15, -0.1) is 0 Å². The fourth-order valence-corrected chi connectivity index (χ4v) is 3.86. The summed E-state index contributed by atoms with van der Waals surface area (Å²) in [6.07, 6.45) is 2.10. The van der Waals surface area contributed by atoms with E-state index in [0.29, 0.717) is 6.04 Å². The van der Waals surface area contributed by atoms with Crippen molar-refractivity contribution in [3.63, 3.8) is 0 Å². The third-order valence-electron chi connectivity index (χ3n) is 4.94. The zero-order valence-corrected chi connectivity index (χ0v) is 13.8. The molecule has 0 aliphatic carbocycles. The van der Waals surface area contributed by atoms with Gasteiger partial charge >= 0.3 is 0 Å². The van der Waals surface area contributed by atoms with E-state index in [9.17, 15) is 0 Å². The van der Waals surface area contributed by atoms with Crippen molar-refractivity contribution in [1.82, 2.24) is 15.1 Å². The Morgan fingerprint density at radius 2 is 2.00 bits per heavy atom. The van der Waals surface area contributed by atoms with Crippen molar-refractivity contribution in [2.75, 3.05) is 6.54 Å². The van der Waals surface area contributed by atoms with Gasteiger partial charge in [0.25, 0.3) is 0 Å². The molecule has 1 aromatic heterocycles. The Morgan fingerprint density at radius 1 is 1.17 bits per heavy atom. The summed E-state index contributed by atoms with van der Waals surface area (Å²) in [5.74, 6) is 0. The number of hydrogen-bond acceptors (Lipinski definition) is 2. The Kier molecular flexibility index (Phi) is 3.66. The van der Waals surface area contributed by atoms with Crippen LogP contribution in [0.5, 0.6) is 0 Å². The number of fused-ring (bicyclic) bond motifs is 2. The maximum Gasteiger partial charge on any atom is 0.0644 e. The molecule has 1 unspecified atom stereocenters. The smallest absolute Gasteiger partial charge is 0.0644 e. The topological polar surface area (TPSA) is 29.9 Å². The number of benzene rings is 2. The maximum absolute atomic E-state index is 4.73. The summed E-state index contributed by atoms with van der Waals surface area (Å²) in [6.45, 7) is 6.31. The predicted molar refractivity (Wildman–Crippen MR) is 94.7 cm³/mol. The molecule has 3 nitrogen and oxygen atoms in total. The first kappa shape index (κ1) is 14.5. The summed E-state index contributed by atoms with van der Waals surface area (Å²) < 4.78 is 2.18. The molecule has 0 saturated heterocycles. The zero-order valence-electron chi connectivity index (χ0n) is 13.8. The Morgan fingerprint density at radius 3 is 2.83 bits per heavy atom. The van der Waals surface area contributed by atoms with Crippen LogP contribution in [0.2, 0.25) is 0 Å². The van der Waals surface area contributed by atoms with Crippen LogP contribution in [0.25, 0.3) is 10.8 Å². The van der Waals surface area contributed by atoms with Gasteiger partial charge in [-0.1, -0.05) is 42.5 Å². The molecule has 3 aromatic rings. The van der Waals surface area contributed by atoms with Gasteiger partial charge in [0.2, 0.25) is 0 Å². The monoisotopic (exact) mass is 305 g/mol. The van der Waals surface area contributed by atoms with Gasteiger partial charge < -0.3 is 5.32 Å². The Bertz CT molecular complexity index is 847. The van der Waals surface area contributed by atoms with Crippen LogP contribution >= 0.6 is 0 Å². The van der Waals surface area contributed by atoms with E-state index in [1.165, 1.54) is 33.3 Å². The van der Waals surface area contributed by atoms with Crippen molar-refractivity contribution in [2.45, 2.75) is 39.3 Å². The lowest BCUT2D eigenvalue weighted by molar-refractivity contribution is 0.484. The van der Waals surface area contributed by atoms with Gasteiger partial charge in [0, 0.05) is 36.8 Å². The summed E-state index contributed by atoms with van der Waals surface area (Å²) in [7, 11) is 0. The number of nitrogens with one attached hydrogen (secondary N) is 1. The summed E-state index contributed by atoms with van der Waals surface area (Å²) in [6, 6.07) is 15.8. The molecule has 1 aliphatic rings. The number of hydrogen-bond donors (Lipinski definition) is 1. The molecule has 1 aliphatic heterocycles. The lowest BCUT2D eigenvalue weighted by Crippen LogP contribution is -2.32. The van der Waals surface area contributed by atoms with Gasteiger partial charge in [-0.25, -0.2) is 0 Å². The van der Waals surface area contributed by atoms with E-state index in [1.54, 1.807) is 0 Å². The molecule has 4 rings (SSSR count). The van der Waals surface area contributed by atoms with E-state index in [2.05, 4.69) is 66.3 Å². The van der Waals surface area contributed by atoms with Crippen LogP contribution in [0.1, 0.15) is 35.5 Å². The Balaban J connectivity index is 1.68. The highest BCUT2D eigenvalue weighted by molar-refractivity contribution is 5.83. The molecular weight excluding hydrogens is 282 g/mol. The number of aromatic nitrogens is 2. The van der Waals surface area contributed by atoms with Crippen molar-refractivity contribution in [2.24, 2.45) is 0 Å². The van der Waals surface area contributed by atoms with Gasteiger partial charge in [-0.3, -0.25) is 4.68 Å². The molecule has 0 radical (unpaired) electrons. The highest BCUT2D eigenvalue weighted by Gasteiger charge is 2.26. The van der Waals surface area contributed by atoms with E-state index >= 15 is 0 Å². The third kappa shape index (κ3) is 2.55. The first-order chi connectivity index (χ1) is 11.3. The second-order valence-electron chi connectivity index (χ2n) is 6.40. The standard InChI is InChI=1S/C20H23N3/c1-3-23-19-10-11-21-18(20(19)14(2)22-23)13-15-8-9-16-6-4-5-7-17(16)12-15/h4-9,12,18,21H,3,10-11,13H2,1-2H3. The Hall–Kier alpha value is -2.13. The van der Waals surface area contributed by atoms with Crippen LogP contribution in [-0.4, -0.2) is 16.3 Å². The number of rotatable bonds is 3. The lowest BCUT2D eigenvalue weighted by Gasteiger charge is -2.25. The molecule has 2 aromatic carbocycles. The van der Waals surface area contributed by atoms with Gasteiger partial charge in [0.05, 0.1) is 5.69 Å². The van der Waals surface area contributed by atoms with Crippen LogP contribution < -0.4 is 5.32 Å². The van der Waals surface area contributed by atoms with Crippen molar-refractivity contribution >= 4 is 10.8 Å². The number of nitrogens with zero attached hydrogens (tertiary/aromatic N) is 2. The van der Waals surface area contributed by atoms with Crippen LogP contribution in [0.15, 0.2) is 42.5 Å². The fourth-order valence-electron chi connectivity index (χ4n) is 3.86. The summed E-state index contributed by atoms with van der Waals surface area (Å²) in [5.41, 5.74) is 5.42. The van der Waals surface area contributed by atoms with Crippen molar-refractivity contribution < 1.29 is 0 Å².